The molecule has 0 aliphatic heterocycles. The standard InChI is InChI=1S/C11H13NO2/c1-7-2-3-8-6-9(11(13)14)4-5-10(8)12-7/h2-3,9H,4-6H2,1H3,(H,13,14). The fraction of sp³-hybridized carbons (Fsp3) is 0.455. The van der Waals surface area contributed by atoms with Crippen LogP contribution in [-0.4, -0.2) is 16.1 Å². The van der Waals surface area contributed by atoms with E-state index in [1.54, 1.807) is 0 Å². The predicted molar refractivity (Wildman–Crippen MR) is 52.1 cm³/mol. The molecule has 0 amide bonds. The smallest absolute Gasteiger partial charge is 0.306 e. The Morgan fingerprint density at radius 1 is 1.57 bits per heavy atom. The second-order valence-corrected chi connectivity index (χ2v) is 3.84. The van der Waals surface area contributed by atoms with Gasteiger partial charge >= 0.3 is 5.97 Å². The van der Waals surface area contributed by atoms with E-state index in [1.807, 2.05) is 19.1 Å². The van der Waals surface area contributed by atoms with E-state index in [9.17, 15) is 4.79 Å². The maximum atomic E-state index is 10.8. The van der Waals surface area contributed by atoms with Crippen molar-refractivity contribution >= 4 is 5.97 Å². The lowest BCUT2D eigenvalue weighted by molar-refractivity contribution is -0.142. The first-order chi connectivity index (χ1) is 6.66. The number of carboxylic acid groups (broad SMARTS) is 1. The number of hydrogen-bond acceptors (Lipinski definition) is 2. The molecule has 1 aliphatic carbocycles. The van der Waals surface area contributed by atoms with Crippen LogP contribution in [0.4, 0.5) is 0 Å². The molecule has 0 bridgehead atoms. The summed E-state index contributed by atoms with van der Waals surface area (Å²) in [4.78, 5) is 15.2. The van der Waals surface area contributed by atoms with Crippen LogP contribution < -0.4 is 0 Å². The summed E-state index contributed by atoms with van der Waals surface area (Å²) in [5.41, 5.74) is 3.20. The van der Waals surface area contributed by atoms with Crippen LogP contribution in [0.3, 0.4) is 0 Å². The van der Waals surface area contributed by atoms with Crippen LogP contribution in [0.15, 0.2) is 12.1 Å². The van der Waals surface area contributed by atoms with Crippen LogP contribution in [-0.2, 0) is 17.6 Å². The van der Waals surface area contributed by atoms with Gasteiger partial charge in [0.1, 0.15) is 0 Å². The van der Waals surface area contributed by atoms with Crippen molar-refractivity contribution in [3.8, 4) is 0 Å². The van der Waals surface area contributed by atoms with Crippen LogP contribution in [0.25, 0.3) is 0 Å². The molecule has 0 aromatic carbocycles. The molecule has 1 heterocycles. The zero-order chi connectivity index (χ0) is 10.1. The van der Waals surface area contributed by atoms with Gasteiger partial charge in [0.25, 0.3) is 0 Å². The van der Waals surface area contributed by atoms with Crippen molar-refractivity contribution in [2.24, 2.45) is 5.92 Å². The third-order valence-corrected chi connectivity index (χ3v) is 2.75. The average Bonchev–Trinajstić information content (AvgIpc) is 2.16. The fourth-order valence-electron chi connectivity index (χ4n) is 1.93. The van der Waals surface area contributed by atoms with Gasteiger partial charge in [0.15, 0.2) is 0 Å². The minimum absolute atomic E-state index is 0.216. The van der Waals surface area contributed by atoms with Crippen LogP contribution >= 0.6 is 0 Å². The van der Waals surface area contributed by atoms with Gasteiger partial charge in [-0.2, -0.15) is 0 Å². The predicted octanol–water partition coefficient (Wildman–Crippen LogP) is 1.58. The van der Waals surface area contributed by atoms with Crippen LogP contribution in [0.1, 0.15) is 23.4 Å². The first kappa shape index (κ1) is 9.19. The Balaban J connectivity index is 2.27. The van der Waals surface area contributed by atoms with Gasteiger partial charge in [-0.05, 0) is 37.8 Å². The largest absolute Gasteiger partial charge is 0.481 e. The lowest BCUT2D eigenvalue weighted by Gasteiger charge is -2.20. The summed E-state index contributed by atoms with van der Waals surface area (Å²) in [6, 6.07) is 3.95. The van der Waals surface area contributed by atoms with Gasteiger partial charge in [0.2, 0.25) is 0 Å². The number of aromatic nitrogens is 1. The number of hydrogen-bond donors (Lipinski definition) is 1. The Morgan fingerprint density at radius 3 is 3.07 bits per heavy atom. The Morgan fingerprint density at radius 2 is 2.36 bits per heavy atom. The van der Waals surface area contributed by atoms with E-state index >= 15 is 0 Å². The van der Waals surface area contributed by atoms with E-state index in [2.05, 4.69) is 4.98 Å². The third kappa shape index (κ3) is 1.62. The molecule has 3 heteroatoms. The highest BCUT2D eigenvalue weighted by Crippen LogP contribution is 2.24. The van der Waals surface area contributed by atoms with Crippen LogP contribution in [0.2, 0.25) is 0 Å². The summed E-state index contributed by atoms with van der Waals surface area (Å²) in [6.07, 6.45) is 2.16. The molecule has 1 aliphatic rings. The Kier molecular flexibility index (Phi) is 2.23. The summed E-state index contributed by atoms with van der Waals surface area (Å²) in [7, 11) is 0. The molecular weight excluding hydrogens is 178 g/mol. The maximum absolute atomic E-state index is 10.8. The lowest BCUT2D eigenvalue weighted by Crippen LogP contribution is -2.22. The number of fused-ring (bicyclic) bond motifs is 1. The van der Waals surface area contributed by atoms with E-state index < -0.39 is 5.97 Å². The van der Waals surface area contributed by atoms with E-state index in [0.29, 0.717) is 6.42 Å². The first-order valence-corrected chi connectivity index (χ1v) is 4.85. The summed E-state index contributed by atoms with van der Waals surface area (Å²) >= 11 is 0. The number of carbonyl (C=O) groups is 1. The molecule has 1 N–H and O–H groups in total. The second kappa shape index (κ2) is 3.40. The van der Waals surface area contributed by atoms with Gasteiger partial charge in [-0.25, -0.2) is 0 Å². The van der Waals surface area contributed by atoms with Crippen molar-refractivity contribution in [3.05, 3.63) is 29.1 Å². The molecule has 0 saturated carbocycles. The molecule has 2 rings (SSSR count). The molecule has 1 atom stereocenters. The Hall–Kier alpha value is -1.38. The van der Waals surface area contributed by atoms with Crippen molar-refractivity contribution in [3.63, 3.8) is 0 Å². The lowest BCUT2D eigenvalue weighted by atomic mass is 9.86. The Bertz CT molecular complexity index is 374. The summed E-state index contributed by atoms with van der Waals surface area (Å²) in [5, 5.41) is 8.90. The zero-order valence-corrected chi connectivity index (χ0v) is 8.16. The van der Waals surface area contributed by atoms with Gasteiger partial charge in [-0.15, -0.1) is 0 Å². The van der Waals surface area contributed by atoms with Crippen molar-refractivity contribution in [1.29, 1.82) is 0 Å². The number of carboxylic acids is 1. The normalized spacial score (nSPS) is 20.2. The van der Waals surface area contributed by atoms with Crippen LogP contribution in [0.5, 0.6) is 0 Å². The molecule has 1 unspecified atom stereocenters. The quantitative estimate of drug-likeness (QED) is 0.733. The molecule has 14 heavy (non-hydrogen) atoms. The summed E-state index contributed by atoms with van der Waals surface area (Å²) in [6.45, 7) is 1.96. The molecule has 0 radical (unpaired) electrons. The average molecular weight is 191 g/mol. The third-order valence-electron chi connectivity index (χ3n) is 2.75. The van der Waals surface area contributed by atoms with Crippen molar-refractivity contribution in [1.82, 2.24) is 4.98 Å². The highest BCUT2D eigenvalue weighted by Gasteiger charge is 2.24. The van der Waals surface area contributed by atoms with Gasteiger partial charge < -0.3 is 5.11 Å². The van der Waals surface area contributed by atoms with Crippen molar-refractivity contribution < 1.29 is 9.90 Å². The number of pyridine rings is 1. The van der Waals surface area contributed by atoms with E-state index in [1.165, 1.54) is 0 Å². The van der Waals surface area contributed by atoms with E-state index in [4.69, 9.17) is 5.11 Å². The molecule has 3 nitrogen and oxygen atoms in total. The topological polar surface area (TPSA) is 50.2 Å². The zero-order valence-electron chi connectivity index (χ0n) is 8.16. The molecule has 0 fully saturated rings. The van der Waals surface area contributed by atoms with Crippen LogP contribution in [0, 0.1) is 12.8 Å². The monoisotopic (exact) mass is 191 g/mol. The molecule has 0 saturated heterocycles. The summed E-state index contributed by atoms with van der Waals surface area (Å²) < 4.78 is 0. The van der Waals surface area contributed by atoms with E-state index in [0.717, 1.165) is 29.8 Å². The highest BCUT2D eigenvalue weighted by molar-refractivity contribution is 5.70. The van der Waals surface area contributed by atoms with Gasteiger partial charge in [-0.1, -0.05) is 6.07 Å². The second-order valence-electron chi connectivity index (χ2n) is 3.84. The number of aliphatic carboxylic acids is 1. The maximum Gasteiger partial charge on any atom is 0.306 e. The van der Waals surface area contributed by atoms with Crippen molar-refractivity contribution in [2.45, 2.75) is 26.2 Å². The van der Waals surface area contributed by atoms with Crippen molar-refractivity contribution in [2.75, 3.05) is 0 Å². The van der Waals surface area contributed by atoms with Gasteiger partial charge in [0.05, 0.1) is 5.92 Å². The molecule has 1 aromatic rings. The van der Waals surface area contributed by atoms with Gasteiger partial charge in [-0.3, -0.25) is 9.78 Å². The molecule has 1 aromatic heterocycles. The van der Waals surface area contributed by atoms with E-state index in [-0.39, 0.29) is 5.92 Å². The Labute approximate surface area is 82.8 Å². The minimum atomic E-state index is -0.684. The fourth-order valence-corrected chi connectivity index (χ4v) is 1.93. The van der Waals surface area contributed by atoms with Gasteiger partial charge in [0, 0.05) is 11.4 Å². The number of aryl methyl sites for hydroxylation is 2. The molecule has 0 spiro atoms. The molecule has 74 valence electrons. The number of nitrogens with zero attached hydrogens (tertiary/aromatic N) is 1. The summed E-state index contributed by atoms with van der Waals surface area (Å²) in [5.74, 6) is -0.900. The first-order valence-electron chi connectivity index (χ1n) is 4.85. The highest BCUT2D eigenvalue weighted by atomic mass is 16.4. The SMILES string of the molecule is Cc1ccc2c(n1)CCC(C(=O)O)C2. The molecular formula is C11H13NO2. The minimum Gasteiger partial charge on any atom is -0.481 e. The number of rotatable bonds is 1.